The summed E-state index contributed by atoms with van der Waals surface area (Å²) < 4.78 is 32.7. The van der Waals surface area contributed by atoms with E-state index in [0.717, 1.165) is 0 Å². The van der Waals surface area contributed by atoms with Crippen molar-refractivity contribution in [3.8, 4) is 5.75 Å². The molecule has 1 aromatic carbocycles. The Morgan fingerprint density at radius 3 is 2.48 bits per heavy atom. The molecule has 0 radical (unpaired) electrons. The Balaban J connectivity index is 1.94. The number of ether oxygens (including phenoxy) is 1. The Hall–Kier alpha value is -1.64. The Morgan fingerprint density at radius 1 is 1.13 bits per heavy atom. The molecule has 23 heavy (non-hydrogen) atoms. The van der Waals surface area contributed by atoms with Crippen LogP contribution >= 0.6 is 0 Å². The molecule has 1 aromatic rings. The third-order valence-corrected chi connectivity index (χ3v) is 6.17. The SMILES string of the molecule is CC(=O)N1CCOc2ccc(S(=O)(=O)N3CCN(C)CC3)cc21. The molecule has 3 rings (SSSR count). The van der Waals surface area contributed by atoms with Crippen LogP contribution in [0.1, 0.15) is 6.92 Å². The summed E-state index contributed by atoms with van der Waals surface area (Å²) in [7, 11) is -1.58. The maximum atomic E-state index is 12.8. The maximum absolute atomic E-state index is 12.8. The van der Waals surface area contributed by atoms with Gasteiger partial charge >= 0.3 is 0 Å². The Kier molecular flexibility index (Phi) is 4.31. The van der Waals surface area contributed by atoms with Crippen molar-refractivity contribution in [1.82, 2.24) is 9.21 Å². The molecule has 0 unspecified atom stereocenters. The summed E-state index contributed by atoms with van der Waals surface area (Å²) in [6.45, 7) is 4.69. The Labute approximate surface area is 136 Å². The van der Waals surface area contributed by atoms with Crippen molar-refractivity contribution in [3.63, 3.8) is 0 Å². The molecule has 1 amide bonds. The minimum absolute atomic E-state index is 0.122. The number of amides is 1. The van der Waals surface area contributed by atoms with Crippen LogP contribution in [0.5, 0.6) is 5.75 Å². The monoisotopic (exact) mass is 339 g/mol. The molecular formula is C15H21N3O4S. The molecule has 8 heteroatoms. The van der Waals surface area contributed by atoms with Crippen molar-refractivity contribution in [2.45, 2.75) is 11.8 Å². The van der Waals surface area contributed by atoms with Gasteiger partial charge in [-0.25, -0.2) is 8.42 Å². The van der Waals surface area contributed by atoms with Crippen LogP contribution in [0.2, 0.25) is 0 Å². The Morgan fingerprint density at radius 2 is 1.83 bits per heavy atom. The number of likely N-dealkylation sites (N-methyl/N-ethyl adjacent to an activating group) is 1. The third kappa shape index (κ3) is 3.06. The van der Waals surface area contributed by atoms with Gasteiger partial charge in [-0.3, -0.25) is 4.79 Å². The molecule has 0 N–H and O–H groups in total. The van der Waals surface area contributed by atoms with Gasteiger partial charge in [0.2, 0.25) is 15.9 Å². The first-order valence-electron chi connectivity index (χ1n) is 7.63. The zero-order valence-corrected chi connectivity index (χ0v) is 14.2. The second kappa shape index (κ2) is 6.10. The molecule has 126 valence electrons. The van der Waals surface area contributed by atoms with E-state index in [1.165, 1.54) is 11.2 Å². The van der Waals surface area contributed by atoms with Gasteiger partial charge in [0.15, 0.2) is 0 Å². The summed E-state index contributed by atoms with van der Waals surface area (Å²) in [5.41, 5.74) is 0.527. The number of hydrogen-bond donors (Lipinski definition) is 0. The van der Waals surface area contributed by atoms with E-state index >= 15 is 0 Å². The topological polar surface area (TPSA) is 70.2 Å². The largest absolute Gasteiger partial charge is 0.490 e. The van der Waals surface area contributed by atoms with Gasteiger partial charge in [0.1, 0.15) is 12.4 Å². The quantitative estimate of drug-likeness (QED) is 0.778. The van der Waals surface area contributed by atoms with Crippen molar-refractivity contribution in [3.05, 3.63) is 18.2 Å². The molecule has 1 saturated heterocycles. The molecule has 7 nitrogen and oxygen atoms in total. The molecule has 0 atom stereocenters. The summed E-state index contributed by atoms with van der Waals surface area (Å²) in [6.07, 6.45) is 0. The fourth-order valence-electron chi connectivity index (χ4n) is 2.86. The molecular weight excluding hydrogens is 318 g/mol. The van der Waals surface area contributed by atoms with E-state index in [9.17, 15) is 13.2 Å². The van der Waals surface area contributed by atoms with E-state index in [-0.39, 0.29) is 10.8 Å². The summed E-state index contributed by atoms with van der Waals surface area (Å²) >= 11 is 0. The fourth-order valence-corrected chi connectivity index (χ4v) is 4.31. The predicted octanol–water partition coefficient (Wildman–Crippen LogP) is 0.368. The number of piperazine rings is 1. The standard InChI is InChI=1S/C15H21N3O4S/c1-12(19)18-9-10-22-15-4-3-13(11-14(15)18)23(20,21)17-7-5-16(2)6-8-17/h3-4,11H,5-10H2,1-2H3. The van der Waals surface area contributed by atoms with E-state index < -0.39 is 10.0 Å². The van der Waals surface area contributed by atoms with Crippen molar-refractivity contribution >= 4 is 21.6 Å². The average molecular weight is 339 g/mol. The molecule has 0 spiro atoms. The average Bonchev–Trinajstić information content (AvgIpc) is 2.54. The van der Waals surface area contributed by atoms with Crippen molar-refractivity contribution in [2.75, 3.05) is 51.3 Å². The van der Waals surface area contributed by atoms with E-state index in [2.05, 4.69) is 4.90 Å². The van der Waals surface area contributed by atoms with Crippen molar-refractivity contribution in [2.24, 2.45) is 0 Å². The van der Waals surface area contributed by atoms with Gasteiger partial charge in [-0.1, -0.05) is 0 Å². The van der Waals surface area contributed by atoms with Crippen LogP contribution in [-0.2, 0) is 14.8 Å². The van der Waals surface area contributed by atoms with Gasteiger partial charge in [0, 0.05) is 33.1 Å². The zero-order valence-electron chi connectivity index (χ0n) is 13.4. The first-order chi connectivity index (χ1) is 10.9. The number of sulfonamides is 1. The predicted molar refractivity (Wildman–Crippen MR) is 86.2 cm³/mol. The fraction of sp³-hybridized carbons (Fsp3) is 0.533. The van der Waals surface area contributed by atoms with Crippen LogP contribution in [0.15, 0.2) is 23.1 Å². The highest BCUT2D eigenvalue weighted by molar-refractivity contribution is 7.89. The number of rotatable bonds is 2. The zero-order chi connectivity index (χ0) is 16.6. The maximum Gasteiger partial charge on any atom is 0.243 e. The van der Waals surface area contributed by atoms with Gasteiger partial charge in [0.25, 0.3) is 0 Å². The second-order valence-electron chi connectivity index (χ2n) is 5.86. The Bertz CT molecular complexity index is 711. The molecule has 2 heterocycles. The van der Waals surface area contributed by atoms with E-state index in [0.29, 0.717) is 50.8 Å². The van der Waals surface area contributed by atoms with Crippen LogP contribution < -0.4 is 9.64 Å². The number of benzene rings is 1. The lowest BCUT2D eigenvalue weighted by atomic mass is 10.2. The van der Waals surface area contributed by atoms with Crippen LogP contribution in [0.25, 0.3) is 0 Å². The number of nitrogens with zero attached hydrogens (tertiary/aromatic N) is 3. The summed E-state index contributed by atoms with van der Waals surface area (Å²) in [4.78, 5) is 15.6. The lowest BCUT2D eigenvalue weighted by molar-refractivity contribution is -0.116. The number of hydrogen-bond acceptors (Lipinski definition) is 5. The van der Waals surface area contributed by atoms with Crippen LogP contribution in [-0.4, -0.2) is 69.9 Å². The van der Waals surface area contributed by atoms with Gasteiger partial charge in [-0.2, -0.15) is 4.31 Å². The van der Waals surface area contributed by atoms with Gasteiger partial charge in [-0.15, -0.1) is 0 Å². The molecule has 0 saturated carbocycles. The van der Waals surface area contributed by atoms with Gasteiger partial charge in [0.05, 0.1) is 17.1 Å². The van der Waals surface area contributed by atoms with E-state index in [4.69, 9.17) is 4.74 Å². The molecule has 2 aliphatic heterocycles. The van der Waals surface area contributed by atoms with Gasteiger partial charge < -0.3 is 14.5 Å². The molecule has 0 aliphatic carbocycles. The minimum atomic E-state index is -3.55. The van der Waals surface area contributed by atoms with Crippen molar-refractivity contribution < 1.29 is 17.9 Å². The normalized spacial score (nSPS) is 20.0. The number of carbonyl (C=O) groups is 1. The number of anilines is 1. The van der Waals surface area contributed by atoms with E-state index in [1.807, 2.05) is 7.05 Å². The first-order valence-corrected chi connectivity index (χ1v) is 9.07. The lowest BCUT2D eigenvalue weighted by Crippen LogP contribution is -2.47. The van der Waals surface area contributed by atoms with Crippen LogP contribution in [0, 0.1) is 0 Å². The summed E-state index contributed by atoms with van der Waals surface area (Å²) in [6, 6.07) is 4.73. The van der Waals surface area contributed by atoms with Crippen LogP contribution in [0.4, 0.5) is 5.69 Å². The minimum Gasteiger partial charge on any atom is -0.490 e. The highest BCUT2D eigenvalue weighted by Gasteiger charge is 2.30. The summed E-state index contributed by atoms with van der Waals surface area (Å²) in [5, 5.41) is 0. The third-order valence-electron chi connectivity index (χ3n) is 4.27. The highest BCUT2D eigenvalue weighted by Crippen LogP contribution is 2.34. The summed E-state index contributed by atoms with van der Waals surface area (Å²) in [5.74, 6) is 0.424. The number of carbonyl (C=O) groups excluding carboxylic acids is 1. The molecule has 0 bridgehead atoms. The smallest absolute Gasteiger partial charge is 0.243 e. The van der Waals surface area contributed by atoms with Crippen LogP contribution in [0.3, 0.4) is 0 Å². The lowest BCUT2D eigenvalue weighted by Gasteiger charge is -2.32. The molecule has 1 fully saturated rings. The first kappa shape index (κ1) is 16.2. The number of fused-ring (bicyclic) bond motifs is 1. The van der Waals surface area contributed by atoms with Gasteiger partial charge in [-0.05, 0) is 25.2 Å². The highest BCUT2D eigenvalue weighted by atomic mass is 32.2. The van der Waals surface area contributed by atoms with Crippen molar-refractivity contribution in [1.29, 1.82) is 0 Å². The second-order valence-corrected chi connectivity index (χ2v) is 7.79. The molecule has 2 aliphatic rings. The molecule has 0 aromatic heterocycles. The van der Waals surface area contributed by atoms with E-state index in [1.54, 1.807) is 23.1 Å².